The Morgan fingerprint density at radius 1 is 1.32 bits per heavy atom. The van der Waals surface area contributed by atoms with E-state index in [0.29, 0.717) is 24.4 Å². The summed E-state index contributed by atoms with van der Waals surface area (Å²) in [4.78, 5) is 26.6. The Morgan fingerprint density at radius 3 is 3.08 bits per heavy atom. The van der Waals surface area contributed by atoms with Crippen molar-refractivity contribution in [2.75, 3.05) is 25.4 Å². The number of hydrogen-bond acceptors (Lipinski definition) is 3. The van der Waals surface area contributed by atoms with Gasteiger partial charge in [-0.05, 0) is 30.9 Å². The Hall–Kier alpha value is -1.76. The minimum Gasteiger partial charge on any atom is -0.341 e. The average Bonchev–Trinajstić information content (AvgIpc) is 2.80. The first-order chi connectivity index (χ1) is 12.1. The van der Waals surface area contributed by atoms with Crippen LogP contribution in [0.15, 0.2) is 23.1 Å². The second-order valence-corrected chi connectivity index (χ2v) is 7.54. The zero-order valence-corrected chi connectivity index (χ0v) is 15.0. The van der Waals surface area contributed by atoms with Crippen molar-refractivity contribution in [3.8, 4) is 0 Å². The number of fused-ring (bicyclic) bond motifs is 1. The highest BCUT2D eigenvalue weighted by atomic mass is 32.2. The van der Waals surface area contributed by atoms with Crippen LogP contribution in [0.4, 0.5) is 9.18 Å². The standard InChI is InChI=1S/C18H24FN3O2S/c19-14-6-4-5-13-15(8-12-25-17(13)14)21-18(24)20-9-11-22-10-3-1-2-7-16(22)23/h4-6,15H,1-3,7-12H2,(H2,20,21,24)/t15-/m1/s1. The van der Waals surface area contributed by atoms with Gasteiger partial charge in [-0.1, -0.05) is 18.6 Å². The molecule has 1 atom stereocenters. The predicted molar refractivity (Wildman–Crippen MR) is 96.1 cm³/mol. The van der Waals surface area contributed by atoms with Crippen LogP contribution in [0.1, 0.15) is 43.7 Å². The Kier molecular flexibility index (Phi) is 6.18. The summed E-state index contributed by atoms with van der Waals surface area (Å²) in [6.07, 6.45) is 4.46. The molecule has 2 heterocycles. The normalized spacial score (nSPS) is 20.6. The van der Waals surface area contributed by atoms with Gasteiger partial charge in [0, 0.05) is 36.7 Å². The highest BCUT2D eigenvalue weighted by Gasteiger charge is 2.24. The number of benzene rings is 1. The predicted octanol–water partition coefficient (Wildman–Crippen LogP) is 3.06. The van der Waals surface area contributed by atoms with Crippen LogP contribution in [0.3, 0.4) is 0 Å². The number of halogens is 1. The van der Waals surface area contributed by atoms with Crippen molar-refractivity contribution in [2.24, 2.45) is 0 Å². The molecular formula is C18H24FN3O2S. The molecule has 7 heteroatoms. The maximum Gasteiger partial charge on any atom is 0.315 e. The molecule has 1 saturated heterocycles. The Labute approximate surface area is 151 Å². The van der Waals surface area contributed by atoms with Crippen molar-refractivity contribution in [3.05, 3.63) is 29.6 Å². The van der Waals surface area contributed by atoms with Gasteiger partial charge in [-0.25, -0.2) is 9.18 Å². The van der Waals surface area contributed by atoms with Gasteiger partial charge in [0.15, 0.2) is 0 Å². The van der Waals surface area contributed by atoms with E-state index in [1.807, 2.05) is 11.0 Å². The highest BCUT2D eigenvalue weighted by Crippen LogP contribution is 2.37. The fourth-order valence-electron chi connectivity index (χ4n) is 3.33. The van der Waals surface area contributed by atoms with E-state index in [-0.39, 0.29) is 23.8 Å². The van der Waals surface area contributed by atoms with Crippen LogP contribution < -0.4 is 10.6 Å². The van der Waals surface area contributed by atoms with Gasteiger partial charge in [-0.3, -0.25) is 4.79 Å². The van der Waals surface area contributed by atoms with E-state index in [9.17, 15) is 14.0 Å². The van der Waals surface area contributed by atoms with Gasteiger partial charge in [0.1, 0.15) is 5.82 Å². The molecule has 0 saturated carbocycles. The van der Waals surface area contributed by atoms with Crippen molar-refractivity contribution in [3.63, 3.8) is 0 Å². The smallest absolute Gasteiger partial charge is 0.315 e. The summed E-state index contributed by atoms with van der Waals surface area (Å²) in [5, 5.41) is 5.75. The quantitative estimate of drug-likeness (QED) is 0.862. The van der Waals surface area contributed by atoms with Crippen molar-refractivity contribution in [1.29, 1.82) is 0 Å². The molecule has 0 aromatic heterocycles. The summed E-state index contributed by atoms with van der Waals surface area (Å²) >= 11 is 1.49. The highest BCUT2D eigenvalue weighted by molar-refractivity contribution is 7.99. The number of carbonyl (C=O) groups excluding carboxylic acids is 2. The van der Waals surface area contributed by atoms with Crippen LogP contribution in [0.25, 0.3) is 0 Å². The molecule has 1 fully saturated rings. The molecule has 5 nitrogen and oxygen atoms in total. The first-order valence-electron chi connectivity index (χ1n) is 8.88. The molecule has 0 aliphatic carbocycles. The molecule has 25 heavy (non-hydrogen) atoms. The zero-order chi connectivity index (χ0) is 17.6. The number of nitrogens with one attached hydrogen (secondary N) is 2. The third-order valence-corrected chi connectivity index (χ3v) is 5.83. The summed E-state index contributed by atoms with van der Waals surface area (Å²) in [6, 6.07) is 4.55. The molecule has 0 radical (unpaired) electrons. The molecule has 2 aliphatic heterocycles. The van der Waals surface area contributed by atoms with Gasteiger partial charge in [0.2, 0.25) is 5.91 Å². The van der Waals surface area contributed by atoms with Crippen molar-refractivity contribution < 1.29 is 14.0 Å². The minimum absolute atomic E-state index is 0.174. The number of nitrogens with zero attached hydrogens (tertiary/aromatic N) is 1. The van der Waals surface area contributed by atoms with Gasteiger partial charge >= 0.3 is 6.03 Å². The summed E-state index contributed by atoms with van der Waals surface area (Å²) < 4.78 is 13.9. The number of amides is 3. The van der Waals surface area contributed by atoms with Crippen LogP contribution >= 0.6 is 11.8 Å². The van der Waals surface area contributed by atoms with E-state index in [4.69, 9.17) is 0 Å². The fraction of sp³-hybridized carbons (Fsp3) is 0.556. The molecule has 2 N–H and O–H groups in total. The number of likely N-dealkylation sites (tertiary alicyclic amines) is 1. The van der Waals surface area contributed by atoms with Crippen molar-refractivity contribution >= 4 is 23.7 Å². The third-order valence-electron chi connectivity index (χ3n) is 4.67. The zero-order valence-electron chi connectivity index (χ0n) is 14.2. The van der Waals surface area contributed by atoms with Crippen LogP contribution in [0.2, 0.25) is 0 Å². The van der Waals surface area contributed by atoms with Gasteiger partial charge < -0.3 is 15.5 Å². The van der Waals surface area contributed by atoms with E-state index in [2.05, 4.69) is 10.6 Å². The first-order valence-corrected chi connectivity index (χ1v) is 9.87. The van der Waals surface area contributed by atoms with Crippen molar-refractivity contribution in [1.82, 2.24) is 15.5 Å². The number of thioether (sulfide) groups is 1. The molecular weight excluding hydrogens is 341 g/mol. The number of urea groups is 1. The first kappa shape index (κ1) is 18.0. The molecule has 0 bridgehead atoms. The Morgan fingerprint density at radius 2 is 2.20 bits per heavy atom. The maximum absolute atomic E-state index is 13.9. The Bertz CT molecular complexity index is 641. The lowest BCUT2D eigenvalue weighted by atomic mass is 10.0. The van der Waals surface area contributed by atoms with Crippen molar-refractivity contribution in [2.45, 2.75) is 43.0 Å². The molecule has 1 aromatic rings. The summed E-state index contributed by atoms with van der Waals surface area (Å²) in [7, 11) is 0. The van der Waals surface area contributed by atoms with E-state index in [1.165, 1.54) is 17.8 Å². The molecule has 3 rings (SSSR count). The average molecular weight is 365 g/mol. The second kappa shape index (κ2) is 8.56. The maximum atomic E-state index is 13.9. The molecule has 1 aromatic carbocycles. The molecule has 3 amide bonds. The number of rotatable bonds is 4. The molecule has 0 unspecified atom stereocenters. The van der Waals surface area contributed by atoms with E-state index in [1.54, 1.807) is 6.07 Å². The van der Waals surface area contributed by atoms with Gasteiger partial charge in [-0.15, -0.1) is 11.8 Å². The number of carbonyl (C=O) groups is 2. The Balaban J connectivity index is 1.49. The van der Waals surface area contributed by atoms with Gasteiger partial charge in [0.25, 0.3) is 0 Å². The number of hydrogen-bond donors (Lipinski definition) is 2. The minimum atomic E-state index is -0.269. The van der Waals surface area contributed by atoms with E-state index >= 15 is 0 Å². The van der Waals surface area contributed by atoms with Gasteiger partial charge in [0.05, 0.1) is 6.04 Å². The van der Waals surface area contributed by atoms with Crippen LogP contribution in [0.5, 0.6) is 0 Å². The summed E-state index contributed by atoms with van der Waals surface area (Å²) in [6.45, 7) is 1.74. The largest absolute Gasteiger partial charge is 0.341 e. The second-order valence-electron chi connectivity index (χ2n) is 6.44. The van der Waals surface area contributed by atoms with E-state index in [0.717, 1.165) is 43.5 Å². The lowest BCUT2D eigenvalue weighted by Crippen LogP contribution is -2.43. The summed E-state index contributed by atoms with van der Waals surface area (Å²) in [5.41, 5.74) is 0.842. The molecule has 136 valence electrons. The summed E-state index contributed by atoms with van der Waals surface area (Å²) in [5.74, 6) is 0.726. The van der Waals surface area contributed by atoms with Crippen LogP contribution in [0, 0.1) is 5.82 Å². The lowest BCUT2D eigenvalue weighted by molar-refractivity contribution is -0.130. The fourth-order valence-corrected chi connectivity index (χ4v) is 4.47. The monoisotopic (exact) mass is 365 g/mol. The molecule has 2 aliphatic rings. The van der Waals surface area contributed by atoms with E-state index < -0.39 is 0 Å². The van der Waals surface area contributed by atoms with Crippen LogP contribution in [-0.4, -0.2) is 42.2 Å². The SMILES string of the molecule is O=C(NCCN1CCCCCC1=O)N[C@@H]1CCSc2c(F)cccc21. The van der Waals surface area contributed by atoms with Crippen LogP contribution in [-0.2, 0) is 4.79 Å². The molecule has 0 spiro atoms. The van der Waals surface area contributed by atoms with Gasteiger partial charge in [-0.2, -0.15) is 0 Å². The topological polar surface area (TPSA) is 61.4 Å². The third kappa shape index (κ3) is 4.66. The lowest BCUT2D eigenvalue weighted by Gasteiger charge is -2.26.